The minimum absolute atomic E-state index is 0.146. The van der Waals surface area contributed by atoms with Crippen LogP contribution in [0.25, 0.3) is 0 Å². The molecule has 0 aliphatic rings. The molecule has 0 spiro atoms. The minimum atomic E-state index is -0.830. The van der Waals surface area contributed by atoms with E-state index in [2.05, 4.69) is 21.3 Å². The number of nitrogens with two attached hydrogens (primary N) is 1. The summed E-state index contributed by atoms with van der Waals surface area (Å²) < 4.78 is 0. The summed E-state index contributed by atoms with van der Waals surface area (Å²) in [5, 5.41) is 9.62. The number of aldehydes is 1. The molecule has 0 aliphatic heterocycles. The molecule has 2 atom stereocenters. The van der Waals surface area contributed by atoms with E-state index in [1.165, 1.54) is 0 Å². The summed E-state index contributed by atoms with van der Waals surface area (Å²) in [6.45, 7) is 6.54. The maximum absolute atomic E-state index is 11.9. The first-order valence-electron chi connectivity index (χ1n) is 8.89. The fourth-order valence-corrected chi connectivity index (χ4v) is 2.17. The molecule has 0 fully saturated rings. The lowest BCUT2D eigenvalue weighted by atomic mass is 10.0. The number of nitrogens with one attached hydrogen (secondary N) is 4. The van der Waals surface area contributed by atoms with Gasteiger partial charge >= 0.3 is 0 Å². The van der Waals surface area contributed by atoms with Crippen molar-refractivity contribution < 1.29 is 24.0 Å². The van der Waals surface area contributed by atoms with Crippen molar-refractivity contribution in [2.75, 3.05) is 19.6 Å². The minimum Gasteiger partial charge on any atom is -0.348 e. The van der Waals surface area contributed by atoms with E-state index in [0.29, 0.717) is 12.7 Å². The Morgan fingerprint density at radius 2 is 1.48 bits per heavy atom. The van der Waals surface area contributed by atoms with Crippen LogP contribution in [0.4, 0.5) is 0 Å². The molecule has 0 saturated carbocycles. The molecule has 0 radical (unpaired) electrons. The monoisotopic (exact) mass is 385 g/mol. The smallest absolute Gasteiger partial charge is 0.243 e. The summed E-state index contributed by atoms with van der Waals surface area (Å²) in [5.41, 5.74) is 5.71. The molecule has 27 heavy (non-hydrogen) atoms. The summed E-state index contributed by atoms with van der Waals surface area (Å²) in [6, 6.07) is -1.53. The molecule has 6 N–H and O–H groups in total. The maximum atomic E-state index is 11.9. The van der Waals surface area contributed by atoms with E-state index < -0.39 is 35.7 Å². The van der Waals surface area contributed by atoms with Gasteiger partial charge in [0.2, 0.25) is 23.6 Å². The van der Waals surface area contributed by atoms with Crippen molar-refractivity contribution in [1.29, 1.82) is 0 Å². The molecule has 0 aliphatic carbocycles. The second kappa shape index (κ2) is 12.8. The lowest BCUT2D eigenvalue weighted by Crippen LogP contribution is -2.52. The van der Waals surface area contributed by atoms with Gasteiger partial charge in [0, 0.05) is 0 Å². The largest absolute Gasteiger partial charge is 0.348 e. The number of hydrogen-bond acceptors (Lipinski definition) is 6. The van der Waals surface area contributed by atoms with Crippen molar-refractivity contribution in [2.45, 2.75) is 46.2 Å². The van der Waals surface area contributed by atoms with Gasteiger partial charge in [-0.3, -0.25) is 19.2 Å². The Labute approximate surface area is 159 Å². The fraction of sp³-hybridized carbons (Fsp3) is 0.706. The molecule has 10 nitrogen and oxygen atoms in total. The van der Waals surface area contributed by atoms with E-state index >= 15 is 0 Å². The van der Waals surface area contributed by atoms with Gasteiger partial charge in [0.1, 0.15) is 12.3 Å². The van der Waals surface area contributed by atoms with Crippen LogP contribution in [0.3, 0.4) is 0 Å². The third-order valence-corrected chi connectivity index (χ3v) is 3.56. The van der Waals surface area contributed by atoms with Crippen LogP contribution < -0.4 is 27.0 Å². The van der Waals surface area contributed by atoms with Gasteiger partial charge < -0.3 is 31.8 Å². The molecular weight excluding hydrogens is 354 g/mol. The Balaban J connectivity index is 4.31. The Kier molecular flexibility index (Phi) is 11.6. The second-order valence-electron chi connectivity index (χ2n) is 6.93. The van der Waals surface area contributed by atoms with Crippen molar-refractivity contribution in [3.05, 3.63) is 0 Å². The predicted octanol–water partition coefficient (Wildman–Crippen LogP) is -1.95. The first-order valence-corrected chi connectivity index (χ1v) is 8.89. The standard InChI is InChI=1S/C17H31N5O5/c1-10(2)7-12(18)16(26)21-8-13(24)20-9-14(25)22-15(11(3)4)17(27)19-5-6-23/h6,10-12,15H,5,7-9,18H2,1-4H3,(H,19,27)(H,20,24)(H,21,26)(H,22,25)/t12-,15-/m0/s1. The molecule has 0 saturated heterocycles. The molecular formula is C17H31N5O5. The van der Waals surface area contributed by atoms with Gasteiger partial charge in [0.15, 0.2) is 0 Å². The van der Waals surface area contributed by atoms with E-state index in [9.17, 15) is 24.0 Å². The van der Waals surface area contributed by atoms with E-state index in [4.69, 9.17) is 5.73 Å². The van der Waals surface area contributed by atoms with E-state index in [0.717, 1.165) is 0 Å². The van der Waals surface area contributed by atoms with Gasteiger partial charge in [-0.1, -0.05) is 27.7 Å². The normalized spacial score (nSPS) is 12.9. The molecule has 0 aromatic heterocycles. The topological polar surface area (TPSA) is 159 Å². The van der Waals surface area contributed by atoms with Gasteiger partial charge in [-0.05, 0) is 18.3 Å². The zero-order chi connectivity index (χ0) is 21.0. The average molecular weight is 385 g/mol. The van der Waals surface area contributed by atoms with E-state index in [1.54, 1.807) is 13.8 Å². The van der Waals surface area contributed by atoms with Gasteiger partial charge in [-0.25, -0.2) is 0 Å². The number of carbonyl (C=O) groups is 5. The summed E-state index contributed by atoms with van der Waals surface area (Å²) >= 11 is 0. The maximum Gasteiger partial charge on any atom is 0.243 e. The highest BCUT2D eigenvalue weighted by Gasteiger charge is 2.24. The highest BCUT2D eigenvalue weighted by Crippen LogP contribution is 2.02. The van der Waals surface area contributed by atoms with Gasteiger partial charge in [0.05, 0.1) is 25.7 Å². The van der Waals surface area contributed by atoms with Crippen LogP contribution in [-0.4, -0.2) is 61.6 Å². The molecule has 0 heterocycles. The molecule has 4 amide bonds. The SMILES string of the molecule is CC(C)C[C@H](N)C(=O)NCC(=O)NCC(=O)N[C@H](C(=O)NCC=O)C(C)C. The van der Waals surface area contributed by atoms with Crippen molar-refractivity contribution >= 4 is 29.9 Å². The van der Waals surface area contributed by atoms with Crippen molar-refractivity contribution in [3.63, 3.8) is 0 Å². The summed E-state index contributed by atoms with van der Waals surface area (Å²) in [4.78, 5) is 57.6. The third kappa shape index (κ3) is 11.0. The molecule has 0 unspecified atom stereocenters. The Morgan fingerprint density at radius 3 is 2.00 bits per heavy atom. The first kappa shape index (κ1) is 24.5. The van der Waals surface area contributed by atoms with Gasteiger partial charge in [-0.15, -0.1) is 0 Å². The lowest BCUT2D eigenvalue weighted by Gasteiger charge is -2.21. The molecule has 0 rings (SSSR count). The lowest BCUT2D eigenvalue weighted by molar-refractivity contribution is -0.131. The molecule has 154 valence electrons. The van der Waals surface area contributed by atoms with Crippen LogP contribution in [0, 0.1) is 11.8 Å². The van der Waals surface area contributed by atoms with Crippen LogP contribution in [0.2, 0.25) is 0 Å². The van der Waals surface area contributed by atoms with Crippen LogP contribution in [0.5, 0.6) is 0 Å². The predicted molar refractivity (Wildman–Crippen MR) is 99.3 cm³/mol. The Hall–Kier alpha value is -2.49. The fourth-order valence-electron chi connectivity index (χ4n) is 2.17. The highest BCUT2D eigenvalue weighted by atomic mass is 16.2. The number of carbonyl (C=O) groups excluding carboxylic acids is 5. The average Bonchev–Trinajstić information content (AvgIpc) is 2.59. The number of hydrogen-bond donors (Lipinski definition) is 5. The third-order valence-electron chi connectivity index (χ3n) is 3.56. The quantitative estimate of drug-likeness (QED) is 0.245. The van der Waals surface area contributed by atoms with Crippen LogP contribution in [-0.2, 0) is 24.0 Å². The molecule has 0 bridgehead atoms. The number of amides is 4. The van der Waals surface area contributed by atoms with E-state index in [-0.39, 0.29) is 31.5 Å². The van der Waals surface area contributed by atoms with Crippen LogP contribution in [0.15, 0.2) is 0 Å². The van der Waals surface area contributed by atoms with Gasteiger partial charge in [-0.2, -0.15) is 0 Å². The Bertz CT molecular complexity index is 536. The number of rotatable bonds is 12. The summed E-state index contributed by atoms with van der Waals surface area (Å²) in [7, 11) is 0. The molecule has 0 aromatic rings. The van der Waals surface area contributed by atoms with Gasteiger partial charge in [0.25, 0.3) is 0 Å². The second-order valence-corrected chi connectivity index (χ2v) is 6.93. The van der Waals surface area contributed by atoms with Crippen molar-refractivity contribution in [1.82, 2.24) is 21.3 Å². The highest BCUT2D eigenvalue weighted by molar-refractivity contribution is 5.92. The molecule has 0 aromatic carbocycles. The van der Waals surface area contributed by atoms with Crippen LogP contribution in [0.1, 0.15) is 34.1 Å². The van der Waals surface area contributed by atoms with E-state index in [1.807, 2.05) is 13.8 Å². The summed E-state index contributed by atoms with van der Waals surface area (Å²) in [5.74, 6) is -2.00. The zero-order valence-corrected chi connectivity index (χ0v) is 16.3. The molecule has 10 heteroatoms. The zero-order valence-electron chi connectivity index (χ0n) is 16.3. The summed E-state index contributed by atoms with van der Waals surface area (Å²) in [6.07, 6.45) is 1.04. The van der Waals surface area contributed by atoms with Crippen molar-refractivity contribution in [3.8, 4) is 0 Å². The van der Waals surface area contributed by atoms with Crippen molar-refractivity contribution in [2.24, 2.45) is 17.6 Å². The Morgan fingerprint density at radius 1 is 0.889 bits per heavy atom. The van der Waals surface area contributed by atoms with Crippen LogP contribution >= 0.6 is 0 Å². The first-order chi connectivity index (χ1) is 12.6.